The lowest BCUT2D eigenvalue weighted by Crippen LogP contribution is -2.27. The number of nitrogens with zero attached hydrogens (tertiary/aromatic N) is 1. The highest BCUT2D eigenvalue weighted by Gasteiger charge is 2.33. The maximum atomic E-state index is 13.6. The molecule has 0 aliphatic heterocycles. The van der Waals surface area contributed by atoms with Gasteiger partial charge < -0.3 is 10.1 Å². The van der Waals surface area contributed by atoms with E-state index in [0.29, 0.717) is 28.1 Å². The fraction of sp³-hybridized carbons (Fsp3) is 0.273. The fourth-order valence-electron chi connectivity index (χ4n) is 4.96. The SMILES string of the molecule is CC(C)(C)[C@@H]1CCc2c(sc(N=Cc3cccc(OCc4ccc(Cl)c(Cl)c4)c3)c2C(=O)Nc2ccccc2)C1. The Balaban J connectivity index is 1.39. The first-order valence-corrected chi connectivity index (χ1v) is 15.0. The van der Waals surface area contributed by atoms with Crippen molar-refractivity contribution in [2.24, 2.45) is 16.3 Å². The number of carbonyl (C=O) groups excluding carboxylic acids is 1. The first-order chi connectivity index (χ1) is 19.2. The van der Waals surface area contributed by atoms with Crippen LogP contribution in [0.1, 0.15) is 59.1 Å². The largest absolute Gasteiger partial charge is 0.489 e. The van der Waals surface area contributed by atoms with Gasteiger partial charge in [0.2, 0.25) is 0 Å². The van der Waals surface area contributed by atoms with Gasteiger partial charge in [-0.1, -0.05) is 80.4 Å². The van der Waals surface area contributed by atoms with Gasteiger partial charge in [-0.25, -0.2) is 4.99 Å². The summed E-state index contributed by atoms with van der Waals surface area (Å²) in [5.41, 5.74) is 4.65. The molecular formula is C33H32Cl2N2O2S. The molecule has 0 saturated heterocycles. The third kappa shape index (κ3) is 6.77. The summed E-state index contributed by atoms with van der Waals surface area (Å²) >= 11 is 13.8. The Morgan fingerprint density at radius 2 is 1.85 bits per heavy atom. The van der Waals surface area contributed by atoms with E-state index in [1.165, 1.54) is 4.88 Å². The van der Waals surface area contributed by atoms with Gasteiger partial charge in [0.25, 0.3) is 5.91 Å². The highest BCUT2D eigenvalue weighted by Crippen LogP contribution is 2.45. The summed E-state index contributed by atoms with van der Waals surface area (Å²) in [6, 6.07) is 22.8. The number of ether oxygens (including phenoxy) is 1. The normalized spacial score (nSPS) is 15.2. The van der Waals surface area contributed by atoms with E-state index in [1.54, 1.807) is 23.5 Å². The molecule has 1 N–H and O–H groups in total. The highest BCUT2D eigenvalue weighted by atomic mass is 35.5. The molecule has 1 heterocycles. The number of hydrogen-bond donors (Lipinski definition) is 1. The van der Waals surface area contributed by atoms with Gasteiger partial charge in [0, 0.05) is 16.8 Å². The summed E-state index contributed by atoms with van der Waals surface area (Å²) < 4.78 is 5.99. The van der Waals surface area contributed by atoms with Crippen LogP contribution in [-0.2, 0) is 19.4 Å². The van der Waals surface area contributed by atoms with Gasteiger partial charge in [-0.05, 0) is 83.7 Å². The molecule has 206 valence electrons. The number of aliphatic imine (C=N–C) groups is 1. The van der Waals surface area contributed by atoms with E-state index in [9.17, 15) is 4.79 Å². The number of anilines is 1. The predicted octanol–water partition coefficient (Wildman–Crippen LogP) is 9.79. The smallest absolute Gasteiger partial charge is 0.259 e. The van der Waals surface area contributed by atoms with Crippen LogP contribution in [-0.4, -0.2) is 12.1 Å². The van der Waals surface area contributed by atoms with E-state index in [4.69, 9.17) is 32.9 Å². The van der Waals surface area contributed by atoms with Crippen molar-refractivity contribution >= 4 is 57.3 Å². The Kier molecular flexibility index (Phi) is 8.65. The number of rotatable bonds is 7. The molecule has 1 amide bonds. The lowest BCUT2D eigenvalue weighted by molar-refractivity contribution is 0.102. The van der Waals surface area contributed by atoms with E-state index in [-0.39, 0.29) is 11.3 Å². The molecular weight excluding hydrogens is 559 g/mol. The average Bonchev–Trinajstić information content (AvgIpc) is 3.31. The van der Waals surface area contributed by atoms with Gasteiger partial charge >= 0.3 is 0 Å². The Hall–Kier alpha value is -3.12. The second-order valence-electron chi connectivity index (χ2n) is 11.2. The Morgan fingerprint density at radius 1 is 1.05 bits per heavy atom. The topological polar surface area (TPSA) is 50.7 Å². The predicted molar refractivity (Wildman–Crippen MR) is 168 cm³/mol. The number of fused-ring (bicyclic) bond motifs is 1. The Morgan fingerprint density at radius 3 is 2.60 bits per heavy atom. The molecule has 0 bridgehead atoms. The summed E-state index contributed by atoms with van der Waals surface area (Å²) in [6.45, 7) is 7.27. The zero-order valence-electron chi connectivity index (χ0n) is 22.8. The first-order valence-electron chi connectivity index (χ1n) is 13.4. The molecule has 0 fully saturated rings. The molecule has 0 spiro atoms. The number of nitrogens with one attached hydrogen (secondary N) is 1. The van der Waals surface area contributed by atoms with Crippen molar-refractivity contribution in [2.45, 2.75) is 46.6 Å². The van der Waals surface area contributed by atoms with E-state index in [2.05, 4.69) is 26.1 Å². The van der Waals surface area contributed by atoms with Crippen LogP contribution in [0.3, 0.4) is 0 Å². The number of para-hydroxylation sites is 1. The number of thiophene rings is 1. The van der Waals surface area contributed by atoms with Crippen molar-refractivity contribution in [3.05, 3.63) is 110 Å². The Labute approximate surface area is 250 Å². The number of amides is 1. The van der Waals surface area contributed by atoms with Crippen LogP contribution >= 0.6 is 34.5 Å². The minimum atomic E-state index is -0.108. The van der Waals surface area contributed by atoms with E-state index >= 15 is 0 Å². The average molecular weight is 592 g/mol. The molecule has 1 aromatic heterocycles. The zero-order chi connectivity index (χ0) is 28.3. The van der Waals surface area contributed by atoms with Crippen LogP contribution in [0, 0.1) is 11.3 Å². The van der Waals surface area contributed by atoms with Crippen molar-refractivity contribution in [2.75, 3.05) is 5.32 Å². The van der Waals surface area contributed by atoms with E-state index < -0.39 is 0 Å². The van der Waals surface area contributed by atoms with Gasteiger partial charge in [0.05, 0.1) is 15.6 Å². The number of carbonyl (C=O) groups is 1. The van der Waals surface area contributed by atoms with Gasteiger partial charge in [0.1, 0.15) is 17.4 Å². The molecule has 1 aliphatic carbocycles. The molecule has 4 aromatic rings. The van der Waals surface area contributed by atoms with Crippen LogP contribution in [0.15, 0.2) is 77.8 Å². The first kappa shape index (κ1) is 28.4. The molecule has 1 atom stereocenters. The van der Waals surface area contributed by atoms with Crippen LogP contribution < -0.4 is 10.1 Å². The minimum absolute atomic E-state index is 0.108. The van der Waals surface area contributed by atoms with E-state index in [1.807, 2.05) is 66.9 Å². The lowest BCUT2D eigenvalue weighted by atomic mass is 9.72. The van der Waals surface area contributed by atoms with Crippen LogP contribution in [0.5, 0.6) is 5.75 Å². The maximum absolute atomic E-state index is 13.6. The summed E-state index contributed by atoms with van der Waals surface area (Å²) in [5.74, 6) is 1.18. The monoisotopic (exact) mass is 590 g/mol. The molecule has 0 radical (unpaired) electrons. The standard InChI is InChI=1S/C33H32Cl2N2O2S/c1-33(2,3)23-13-14-26-29(18-23)40-32(30(26)31(38)37-24-9-5-4-6-10-24)36-19-21-8-7-11-25(16-21)39-20-22-12-15-27(34)28(35)17-22/h4-12,15-17,19,23H,13-14,18,20H2,1-3H3,(H,37,38)/t23-/m1/s1. The van der Waals surface area contributed by atoms with Crippen LogP contribution in [0.2, 0.25) is 10.0 Å². The van der Waals surface area contributed by atoms with Crippen molar-refractivity contribution in [3.8, 4) is 5.75 Å². The van der Waals surface area contributed by atoms with Gasteiger partial charge in [-0.15, -0.1) is 11.3 Å². The molecule has 7 heteroatoms. The second-order valence-corrected chi connectivity index (χ2v) is 13.1. The van der Waals surface area contributed by atoms with Gasteiger partial charge in [-0.2, -0.15) is 0 Å². The summed E-state index contributed by atoms with van der Waals surface area (Å²) in [7, 11) is 0. The summed E-state index contributed by atoms with van der Waals surface area (Å²) in [5, 5.41) is 4.85. The maximum Gasteiger partial charge on any atom is 0.259 e. The van der Waals surface area contributed by atoms with Crippen LogP contribution in [0.4, 0.5) is 10.7 Å². The summed E-state index contributed by atoms with van der Waals surface area (Å²) in [4.78, 5) is 19.7. The van der Waals surface area contributed by atoms with E-state index in [0.717, 1.165) is 52.4 Å². The number of halogens is 2. The molecule has 4 nitrogen and oxygen atoms in total. The zero-order valence-corrected chi connectivity index (χ0v) is 25.2. The van der Waals surface area contributed by atoms with Gasteiger partial charge in [0.15, 0.2) is 0 Å². The quantitative estimate of drug-likeness (QED) is 0.218. The highest BCUT2D eigenvalue weighted by molar-refractivity contribution is 7.16. The number of hydrogen-bond acceptors (Lipinski definition) is 4. The van der Waals surface area contributed by atoms with Crippen molar-refractivity contribution in [3.63, 3.8) is 0 Å². The third-order valence-electron chi connectivity index (χ3n) is 7.31. The van der Waals surface area contributed by atoms with Gasteiger partial charge in [-0.3, -0.25) is 4.79 Å². The Bertz CT molecular complexity index is 1540. The molecule has 3 aromatic carbocycles. The molecule has 0 unspecified atom stereocenters. The van der Waals surface area contributed by atoms with Crippen molar-refractivity contribution in [1.29, 1.82) is 0 Å². The third-order valence-corrected chi connectivity index (χ3v) is 9.21. The molecule has 1 aliphatic rings. The second kappa shape index (κ2) is 12.2. The van der Waals surface area contributed by atoms with Crippen molar-refractivity contribution < 1.29 is 9.53 Å². The summed E-state index contributed by atoms with van der Waals surface area (Å²) in [6.07, 6.45) is 4.74. The van der Waals surface area contributed by atoms with Crippen LogP contribution in [0.25, 0.3) is 0 Å². The fourth-order valence-corrected chi connectivity index (χ4v) is 6.55. The molecule has 40 heavy (non-hydrogen) atoms. The van der Waals surface area contributed by atoms with Crippen molar-refractivity contribution in [1.82, 2.24) is 0 Å². The molecule has 0 saturated carbocycles. The lowest BCUT2D eigenvalue weighted by Gasteiger charge is -2.33. The number of benzene rings is 3. The minimum Gasteiger partial charge on any atom is -0.489 e. The molecule has 5 rings (SSSR count).